The number of hydrogen-bond acceptors (Lipinski definition) is 3. The fourth-order valence-electron chi connectivity index (χ4n) is 1.86. The number of nitrogens with zero attached hydrogens (tertiary/aromatic N) is 2. The molecule has 1 amide bonds. The summed E-state index contributed by atoms with van der Waals surface area (Å²) in [6.07, 6.45) is 2.25. The van der Waals surface area contributed by atoms with Crippen molar-refractivity contribution in [2.45, 2.75) is 40.5 Å². The lowest BCUT2D eigenvalue weighted by molar-refractivity contribution is 0.0739. The quantitative estimate of drug-likeness (QED) is 0.780. The van der Waals surface area contributed by atoms with Crippen molar-refractivity contribution in [2.24, 2.45) is 5.92 Å². The first-order chi connectivity index (χ1) is 8.13. The Labute approximate surface area is 108 Å². The fourth-order valence-corrected chi connectivity index (χ4v) is 2.63. The molecule has 0 fully saturated rings. The van der Waals surface area contributed by atoms with Crippen molar-refractivity contribution in [1.82, 2.24) is 9.88 Å². The van der Waals surface area contributed by atoms with Crippen LogP contribution in [0.2, 0.25) is 0 Å². The molecular formula is C13H22N2OS. The first-order valence-corrected chi connectivity index (χ1v) is 7.21. The maximum atomic E-state index is 12.3. The summed E-state index contributed by atoms with van der Waals surface area (Å²) in [7, 11) is 0. The van der Waals surface area contributed by atoms with Crippen LogP contribution in [0.15, 0.2) is 5.51 Å². The Morgan fingerprint density at radius 1 is 1.41 bits per heavy atom. The van der Waals surface area contributed by atoms with E-state index >= 15 is 0 Å². The molecule has 0 N–H and O–H groups in total. The zero-order valence-corrected chi connectivity index (χ0v) is 12.0. The smallest absolute Gasteiger partial charge is 0.265 e. The molecule has 0 bridgehead atoms. The summed E-state index contributed by atoms with van der Waals surface area (Å²) in [5.74, 6) is 0.742. The van der Waals surface area contributed by atoms with Gasteiger partial charge in [-0.05, 0) is 19.8 Å². The Morgan fingerprint density at radius 2 is 2.06 bits per heavy atom. The van der Waals surface area contributed by atoms with Gasteiger partial charge in [-0.2, -0.15) is 0 Å². The van der Waals surface area contributed by atoms with E-state index in [4.69, 9.17) is 0 Å². The van der Waals surface area contributed by atoms with Crippen molar-refractivity contribution < 1.29 is 4.79 Å². The van der Waals surface area contributed by atoms with Crippen LogP contribution in [0, 0.1) is 12.8 Å². The number of aryl methyl sites for hydroxylation is 1. The Hall–Kier alpha value is -0.900. The molecule has 0 aliphatic heterocycles. The molecule has 0 saturated heterocycles. The van der Waals surface area contributed by atoms with Crippen molar-refractivity contribution in [3.05, 3.63) is 16.1 Å². The summed E-state index contributed by atoms with van der Waals surface area (Å²) in [6, 6.07) is 0. The van der Waals surface area contributed by atoms with E-state index < -0.39 is 0 Å². The van der Waals surface area contributed by atoms with Crippen LogP contribution in [0.25, 0.3) is 0 Å². The van der Waals surface area contributed by atoms with Gasteiger partial charge in [-0.15, -0.1) is 11.3 Å². The zero-order valence-electron chi connectivity index (χ0n) is 11.2. The number of carbonyl (C=O) groups is 1. The van der Waals surface area contributed by atoms with E-state index in [1.165, 1.54) is 11.3 Å². The summed E-state index contributed by atoms with van der Waals surface area (Å²) in [5, 5.41) is 0. The number of carbonyl (C=O) groups excluding carboxylic acids is 1. The second-order valence-electron chi connectivity index (χ2n) is 4.29. The Morgan fingerprint density at radius 3 is 2.47 bits per heavy atom. The van der Waals surface area contributed by atoms with E-state index in [9.17, 15) is 4.79 Å². The van der Waals surface area contributed by atoms with Crippen LogP contribution in [0.1, 0.15) is 49.0 Å². The lowest BCUT2D eigenvalue weighted by Crippen LogP contribution is -2.35. The first kappa shape index (κ1) is 14.2. The second kappa shape index (κ2) is 6.74. The third-order valence-corrected chi connectivity index (χ3v) is 4.16. The monoisotopic (exact) mass is 254 g/mol. The minimum Gasteiger partial charge on any atom is -0.338 e. The van der Waals surface area contributed by atoms with Gasteiger partial charge in [0.05, 0.1) is 11.2 Å². The summed E-state index contributed by atoms with van der Waals surface area (Å²) >= 11 is 1.44. The lowest BCUT2D eigenvalue weighted by atomic mass is 10.0. The van der Waals surface area contributed by atoms with Gasteiger partial charge < -0.3 is 4.90 Å². The maximum Gasteiger partial charge on any atom is 0.265 e. The number of hydrogen-bond donors (Lipinski definition) is 0. The topological polar surface area (TPSA) is 33.2 Å². The van der Waals surface area contributed by atoms with Crippen molar-refractivity contribution in [3.8, 4) is 0 Å². The molecule has 0 radical (unpaired) electrons. The molecule has 1 aromatic rings. The Kier molecular flexibility index (Phi) is 5.62. The molecule has 1 rings (SSSR count). The summed E-state index contributed by atoms with van der Waals surface area (Å²) in [6.45, 7) is 9.94. The molecule has 1 aromatic heterocycles. The van der Waals surface area contributed by atoms with Gasteiger partial charge >= 0.3 is 0 Å². The predicted octanol–water partition coefficient (Wildman–Crippen LogP) is 3.35. The van der Waals surface area contributed by atoms with Gasteiger partial charge in [0.1, 0.15) is 4.88 Å². The summed E-state index contributed by atoms with van der Waals surface area (Å²) in [5.41, 5.74) is 2.59. The molecule has 96 valence electrons. The molecule has 0 aromatic carbocycles. The first-order valence-electron chi connectivity index (χ1n) is 6.33. The van der Waals surface area contributed by atoms with Crippen LogP contribution in [0.4, 0.5) is 0 Å². The van der Waals surface area contributed by atoms with Gasteiger partial charge in [-0.1, -0.05) is 26.7 Å². The summed E-state index contributed by atoms with van der Waals surface area (Å²) in [4.78, 5) is 19.2. The largest absolute Gasteiger partial charge is 0.338 e. The average Bonchev–Trinajstić information content (AvgIpc) is 2.76. The molecule has 1 heterocycles. The molecule has 17 heavy (non-hydrogen) atoms. The summed E-state index contributed by atoms with van der Waals surface area (Å²) < 4.78 is 0. The normalized spacial score (nSPS) is 10.9. The molecule has 3 nitrogen and oxygen atoms in total. The van der Waals surface area contributed by atoms with E-state index in [-0.39, 0.29) is 5.91 Å². The molecule has 0 aliphatic rings. The van der Waals surface area contributed by atoms with Crippen molar-refractivity contribution >= 4 is 17.2 Å². The van der Waals surface area contributed by atoms with Gasteiger partial charge in [0, 0.05) is 13.1 Å². The third-order valence-electron chi connectivity index (χ3n) is 3.24. The molecule has 0 unspecified atom stereocenters. The van der Waals surface area contributed by atoms with Crippen molar-refractivity contribution in [3.63, 3.8) is 0 Å². The highest BCUT2D eigenvalue weighted by molar-refractivity contribution is 7.11. The highest BCUT2D eigenvalue weighted by Crippen LogP contribution is 2.17. The standard InChI is InChI=1S/C13H22N2OS/c1-5-11(6-2)8-15(7-3)13(16)12-10(4)14-9-17-12/h9,11H,5-8H2,1-4H3. The molecule has 0 atom stereocenters. The zero-order chi connectivity index (χ0) is 12.8. The van der Waals surface area contributed by atoms with Crippen LogP contribution in [0.5, 0.6) is 0 Å². The minimum atomic E-state index is 0.138. The molecule has 0 saturated carbocycles. The van der Waals surface area contributed by atoms with E-state index in [1.807, 2.05) is 18.7 Å². The second-order valence-corrected chi connectivity index (χ2v) is 5.15. The van der Waals surface area contributed by atoms with E-state index in [1.54, 1.807) is 5.51 Å². The van der Waals surface area contributed by atoms with Crippen LogP contribution in [0.3, 0.4) is 0 Å². The van der Waals surface area contributed by atoms with Gasteiger partial charge in [-0.25, -0.2) is 4.98 Å². The van der Waals surface area contributed by atoms with Crippen LogP contribution in [-0.4, -0.2) is 28.9 Å². The molecule has 0 spiro atoms. The number of rotatable bonds is 6. The number of aromatic nitrogens is 1. The third kappa shape index (κ3) is 3.53. The predicted molar refractivity (Wildman–Crippen MR) is 72.5 cm³/mol. The molecule has 0 aliphatic carbocycles. The van der Waals surface area contributed by atoms with Crippen molar-refractivity contribution in [1.29, 1.82) is 0 Å². The van der Waals surface area contributed by atoms with Gasteiger partial charge in [0.25, 0.3) is 5.91 Å². The SMILES string of the molecule is CCC(CC)CN(CC)C(=O)c1scnc1C. The minimum absolute atomic E-state index is 0.138. The van der Waals surface area contributed by atoms with E-state index in [0.717, 1.165) is 36.5 Å². The maximum absolute atomic E-state index is 12.3. The Balaban J connectivity index is 2.74. The lowest BCUT2D eigenvalue weighted by Gasteiger charge is -2.25. The Bertz CT molecular complexity index is 358. The molecular weight excluding hydrogens is 232 g/mol. The van der Waals surface area contributed by atoms with Crippen LogP contribution in [-0.2, 0) is 0 Å². The highest BCUT2D eigenvalue weighted by Gasteiger charge is 2.20. The van der Waals surface area contributed by atoms with Crippen molar-refractivity contribution in [2.75, 3.05) is 13.1 Å². The fraction of sp³-hybridized carbons (Fsp3) is 0.692. The number of thiazole rings is 1. The van der Waals surface area contributed by atoms with Gasteiger partial charge in [-0.3, -0.25) is 4.79 Å². The number of amides is 1. The van der Waals surface area contributed by atoms with E-state index in [0.29, 0.717) is 5.92 Å². The van der Waals surface area contributed by atoms with Crippen LogP contribution < -0.4 is 0 Å². The van der Waals surface area contributed by atoms with Gasteiger partial charge in [0.15, 0.2) is 0 Å². The van der Waals surface area contributed by atoms with E-state index in [2.05, 4.69) is 18.8 Å². The van der Waals surface area contributed by atoms with Gasteiger partial charge in [0.2, 0.25) is 0 Å². The molecule has 4 heteroatoms. The highest BCUT2D eigenvalue weighted by atomic mass is 32.1. The average molecular weight is 254 g/mol. The van der Waals surface area contributed by atoms with Crippen LogP contribution >= 0.6 is 11.3 Å².